The average Bonchev–Trinajstić information content (AvgIpc) is 3.20. The third kappa shape index (κ3) is 4.89. The van der Waals surface area contributed by atoms with Crippen molar-refractivity contribution in [3.8, 4) is 0 Å². The van der Waals surface area contributed by atoms with Crippen LogP contribution in [0.4, 0.5) is 0 Å². The maximum Gasteiger partial charge on any atom is 0.312 e. The lowest BCUT2D eigenvalue weighted by atomic mass is 10.1. The Kier molecular flexibility index (Phi) is 6.02. The van der Waals surface area contributed by atoms with E-state index in [4.69, 9.17) is 9.26 Å². The number of fused-ring (bicyclic) bond motifs is 1. The number of para-hydroxylation sites is 1. The smallest absolute Gasteiger partial charge is 0.312 e. The summed E-state index contributed by atoms with van der Waals surface area (Å²) in [4.78, 5) is 26.3. The van der Waals surface area contributed by atoms with Crippen LogP contribution in [-0.4, -0.2) is 61.1 Å². The molecule has 0 saturated carbocycles. The van der Waals surface area contributed by atoms with Gasteiger partial charge in [0.15, 0.2) is 22.0 Å². The van der Waals surface area contributed by atoms with E-state index in [2.05, 4.69) is 5.16 Å². The number of rotatable bonds is 7. The highest BCUT2D eigenvalue weighted by Gasteiger charge is 2.35. The second-order valence-corrected chi connectivity index (χ2v) is 9.69. The van der Waals surface area contributed by atoms with Crippen molar-refractivity contribution in [2.24, 2.45) is 5.92 Å². The Morgan fingerprint density at radius 3 is 2.75 bits per heavy atom. The van der Waals surface area contributed by atoms with E-state index >= 15 is 0 Å². The number of carbonyl (C=O) groups excluding carboxylic acids is 2. The number of sulfone groups is 1. The Morgan fingerprint density at radius 1 is 1.32 bits per heavy atom. The van der Waals surface area contributed by atoms with Gasteiger partial charge in [-0.3, -0.25) is 9.59 Å². The van der Waals surface area contributed by atoms with Crippen molar-refractivity contribution in [1.82, 2.24) is 10.1 Å². The third-order valence-electron chi connectivity index (χ3n) is 4.65. The Labute approximate surface area is 163 Å². The molecule has 152 valence electrons. The number of esters is 1. The lowest BCUT2D eigenvalue weighted by molar-refractivity contribution is -0.152. The topological polar surface area (TPSA) is 107 Å². The summed E-state index contributed by atoms with van der Waals surface area (Å²) >= 11 is 0. The first kappa shape index (κ1) is 20.3. The lowest BCUT2D eigenvalue weighted by Gasteiger charge is -2.29. The summed E-state index contributed by atoms with van der Waals surface area (Å²) in [6, 6.07) is 6.81. The summed E-state index contributed by atoms with van der Waals surface area (Å²) in [5.74, 6) is -0.752. The molecule has 1 aromatic carbocycles. The van der Waals surface area contributed by atoms with Crippen LogP contribution in [0.15, 0.2) is 28.8 Å². The first-order valence-electron chi connectivity index (χ1n) is 9.24. The number of amides is 1. The van der Waals surface area contributed by atoms with E-state index in [9.17, 15) is 18.0 Å². The molecule has 1 aromatic heterocycles. The molecule has 8 nitrogen and oxygen atoms in total. The number of carbonyl (C=O) groups is 2. The number of aromatic nitrogens is 1. The molecule has 2 aromatic rings. The molecule has 1 fully saturated rings. The number of hydrogen-bond acceptors (Lipinski definition) is 7. The molecule has 1 aliphatic rings. The van der Waals surface area contributed by atoms with Crippen molar-refractivity contribution in [2.45, 2.75) is 32.7 Å². The number of hydrogen-bond donors (Lipinski definition) is 0. The summed E-state index contributed by atoms with van der Waals surface area (Å²) in [5.41, 5.74) is 1.03. The first-order chi connectivity index (χ1) is 13.2. The van der Waals surface area contributed by atoms with Gasteiger partial charge in [0, 0.05) is 18.0 Å². The monoisotopic (exact) mass is 408 g/mol. The average molecular weight is 408 g/mol. The minimum absolute atomic E-state index is 0.0374. The van der Waals surface area contributed by atoms with Gasteiger partial charge in [0.1, 0.15) is 5.69 Å². The fraction of sp³-hybridized carbons (Fsp3) is 0.526. The minimum Gasteiger partial charge on any atom is -0.455 e. The van der Waals surface area contributed by atoms with Crippen LogP contribution in [0.1, 0.15) is 26.0 Å². The van der Waals surface area contributed by atoms with Gasteiger partial charge in [0.05, 0.1) is 17.9 Å². The molecule has 0 aliphatic carbocycles. The quantitative estimate of drug-likeness (QED) is 0.640. The molecule has 0 spiro atoms. The van der Waals surface area contributed by atoms with E-state index in [1.165, 1.54) is 4.90 Å². The van der Waals surface area contributed by atoms with Gasteiger partial charge in [0.2, 0.25) is 0 Å². The van der Waals surface area contributed by atoms with E-state index < -0.39 is 22.4 Å². The highest BCUT2D eigenvalue weighted by atomic mass is 32.2. The Hall–Kier alpha value is -2.42. The molecule has 2 heterocycles. The minimum atomic E-state index is -3.12. The zero-order valence-electron chi connectivity index (χ0n) is 16.0. The Morgan fingerprint density at radius 2 is 2.07 bits per heavy atom. The predicted octanol–water partition coefficient (Wildman–Crippen LogP) is 1.59. The summed E-state index contributed by atoms with van der Waals surface area (Å²) in [5, 5.41) is 4.60. The zero-order valence-corrected chi connectivity index (χ0v) is 16.8. The molecule has 1 aliphatic heterocycles. The Balaban J connectivity index is 1.59. The summed E-state index contributed by atoms with van der Waals surface area (Å²) in [7, 11) is -3.12. The zero-order chi connectivity index (χ0) is 20.3. The van der Waals surface area contributed by atoms with E-state index in [0.29, 0.717) is 24.2 Å². The van der Waals surface area contributed by atoms with Crippen molar-refractivity contribution < 1.29 is 27.3 Å². The normalized spacial score (nSPS) is 18.5. The van der Waals surface area contributed by atoms with E-state index in [1.807, 2.05) is 19.9 Å². The van der Waals surface area contributed by atoms with Crippen molar-refractivity contribution in [1.29, 1.82) is 0 Å². The van der Waals surface area contributed by atoms with Crippen molar-refractivity contribution in [2.75, 3.05) is 24.7 Å². The molecule has 1 saturated heterocycles. The highest BCUT2D eigenvalue weighted by Crippen LogP contribution is 2.20. The Bertz CT molecular complexity index is 966. The van der Waals surface area contributed by atoms with Gasteiger partial charge in [-0.15, -0.1) is 0 Å². The van der Waals surface area contributed by atoms with Gasteiger partial charge >= 0.3 is 5.97 Å². The van der Waals surface area contributed by atoms with Crippen LogP contribution < -0.4 is 0 Å². The van der Waals surface area contributed by atoms with Gasteiger partial charge in [-0.2, -0.15) is 0 Å². The SMILES string of the molecule is CC(C)CN(C(=O)COC(=O)Cc1noc2ccccc12)[C@H]1CCS(=O)(=O)C1. The van der Waals surface area contributed by atoms with E-state index in [-0.39, 0.29) is 35.8 Å². The van der Waals surface area contributed by atoms with E-state index in [1.54, 1.807) is 18.2 Å². The maximum absolute atomic E-state index is 12.6. The van der Waals surface area contributed by atoms with Crippen molar-refractivity contribution >= 4 is 32.7 Å². The number of ether oxygens (including phenoxy) is 1. The fourth-order valence-corrected chi connectivity index (χ4v) is 5.08. The highest BCUT2D eigenvalue weighted by molar-refractivity contribution is 7.91. The van der Waals surface area contributed by atoms with Crippen LogP contribution in [0.3, 0.4) is 0 Å². The van der Waals surface area contributed by atoms with Gasteiger partial charge in [-0.1, -0.05) is 31.1 Å². The summed E-state index contributed by atoms with van der Waals surface area (Å²) < 4.78 is 33.8. The second-order valence-electron chi connectivity index (χ2n) is 7.46. The van der Waals surface area contributed by atoms with Crippen molar-refractivity contribution in [3.63, 3.8) is 0 Å². The molecule has 0 unspecified atom stereocenters. The molecule has 1 atom stereocenters. The predicted molar refractivity (Wildman–Crippen MR) is 102 cm³/mol. The van der Waals surface area contributed by atoms with Crippen LogP contribution in [0.25, 0.3) is 11.0 Å². The molecule has 1 amide bonds. The molecule has 0 bridgehead atoms. The van der Waals surface area contributed by atoms with Gasteiger partial charge in [0.25, 0.3) is 5.91 Å². The van der Waals surface area contributed by atoms with Gasteiger partial charge in [-0.25, -0.2) is 8.42 Å². The van der Waals surface area contributed by atoms with Gasteiger partial charge < -0.3 is 14.2 Å². The molecule has 0 N–H and O–H groups in total. The number of benzene rings is 1. The molecule has 0 radical (unpaired) electrons. The molecule has 3 rings (SSSR count). The van der Waals surface area contributed by atoms with E-state index in [0.717, 1.165) is 5.39 Å². The lowest BCUT2D eigenvalue weighted by Crippen LogP contribution is -2.45. The van der Waals surface area contributed by atoms with Crippen LogP contribution in [0.2, 0.25) is 0 Å². The van der Waals surface area contributed by atoms with Crippen LogP contribution in [0, 0.1) is 5.92 Å². The molecular weight excluding hydrogens is 384 g/mol. The first-order valence-corrected chi connectivity index (χ1v) is 11.1. The van der Waals surface area contributed by atoms with Gasteiger partial charge in [-0.05, 0) is 24.5 Å². The maximum atomic E-state index is 12.6. The summed E-state index contributed by atoms with van der Waals surface area (Å²) in [6.45, 7) is 3.90. The third-order valence-corrected chi connectivity index (χ3v) is 6.40. The number of nitrogens with zero attached hydrogens (tertiary/aromatic N) is 2. The summed E-state index contributed by atoms with van der Waals surface area (Å²) in [6.07, 6.45) is 0.311. The van der Waals surface area contributed by atoms with Crippen molar-refractivity contribution in [3.05, 3.63) is 30.0 Å². The van der Waals surface area contributed by atoms with Crippen LogP contribution >= 0.6 is 0 Å². The molecular formula is C19H24N2O6S. The fourth-order valence-electron chi connectivity index (χ4n) is 3.35. The molecule has 28 heavy (non-hydrogen) atoms. The standard InChI is InChI=1S/C19H24N2O6S/c1-13(2)10-21(14-7-8-28(24,25)12-14)18(22)11-26-19(23)9-16-15-5-3-4-6-17(15)27-20-16/h3-6,13-14H,7-12H2,1-2H3/t14-/m0/s1. The largest absolute Gasteiger partial charge is 0.455 e. The van der Waals surface area contributed by atoms with Crippen LogP contribution in [-0.2, 0) is 30.6 Å². The second kappa shape index (κ2) is 8.30. The van der Waals surface area contributed by atoms with Crippen LogP contribution in [0.5, 0.6) is 0 Å². The molecule has 9 heteroatoms.